The Labute approximate surface area is 114 Å². The van der Waals surface area contributed by atoms with Crippen LogP contribution >= 0.6 is 11.3 Å². The molecule has 0 aliphatic rings. The zero-order valence-corrected chi connectivity index (χ0v) is 11.7. The van der Waals surface area contributed by atoms with Crippen LogP contribution in [0.1, 0.15) is 42.7 Å². The van der Waals surface area contributed by atoms with Gasteiger partial charge in [-0.2, -0.15) is 0 Å². The van der Waals surface area contributed by atoms with Crippen LogP contribution in [0.4, 0.5) is 0 Å². The molecule has 0 unspecified atom stereocenters. The molecule has 2 rings (SSSR count). The molecule has 1 aromatic carbocycles. The van der Waals surface area contributed by atoms with Gasteiger partial charge in [-0.3, -0.25) is 0 Å². The predicted molar refractivity (Wildman–Crippen MR) is 79.0 cm³/mol. The largest absolute Gasteiger partial charge is 0.250 e. The van der Waals surface area contributed by atoms with Crippen molar-refractivity contribution >= 4 is 11.3 Å². The van der Waals surface area contributed by atoms with E-state index >= 15 is 0 Å². The maximum atomic E-state index is 4.31. The number of hydrogen-bond acceptors (Lipinski definition) is 2. The second-order valence-electron chi connectivity index (χ2n) is 4.68. The molecule has 0 saturated heterocycles. The Kier molecular flexibility index (Phi) is 5.93. The minimum absolute atomic E-state index is 1.16. The van der Waals surface area contributed by atoms with Crippen LogP contribution in [0.15, 0.2) is 41.9 Å². The lowest BCUT2D eigenvalue weighted by Crippen LogP contribution is -1.87. The molecule has 96 valence electrons. The molecule has 0 fully saturated rings. The molecule has 0 spiro atoms. The molecule has 0 amide bonds. The van der Waals surface area contributed by atoms with Gasteiger partial charge in [-0.25, -0.2) is 4.98 Å². The number of hydrogen-bond donors (Lipinski definition) is 0. The molecule has 0 atom stereocenters. The van der Waals surface area contributed by atoms with Crippen molar-refractivity contribution in [2.75, 3.05) is 0 Å². The first-order chi connectivity index (χ1) is 8.95. The van der Waals surface area contributed by atoms with Gasteiger partial charge in [0.1, 0.15) is 0 Å². The van der Waals surface area contributed by atoms with E-state index < -0.39 is 0 Å². The fraction of sp³-hybridized carbons (Fsp3) is 0.438. The summed E-state index contributed by atoms with van der Waals surface area (Å²) in [4.78, 5) is 4.31. The van der Waals surface area contributed by atoms with Crippen LogP contribution in [0.2, 0.25) is 0 Å². The van der Waals surface area contributed by atoms with Gasteiger partial charge in [0, 0.05) is 11.6 Å². The smallest absolute Gasteiger partial charge is 0.0924 e. The lowest BCUT2D eigenvalue weighted by atomic mass is 10.1. The summed E-state index contributed by atoms with van der Waals surface area (Å²) in [6, 6.07) is 10.8. The number of aryl methyl sites for hydroxylation is 2. The third-order valence-electron chi connectivity index (χ3n) is 3.18. The van der Waals surface area contributed by atoms with Crippen molar-refractivity contribution in [1.82, 2.24) is 4.98 Å². The van der Waals surface area contributed by atoms with Crippen molar-refractivity contribution in [2.45, 2.75) is 44.9 Å². The van der Waals surface area contributed by atoms with E-state index in [2.05, 4.69) is 40.7 Å². The fourth-order valence-electron chi connectivity index (χ4n) is 2.16. The standard InChI is InChI=1S/C16H21NS/c1(3-8-12-16-17-13-14-18-16)2-5-9-15-10-6-4-7-11-15/h4,6-7,10-11,13-14H,1-3,5,8-9,12H2. The average Bonchev–Trinajstić information content (AvgIpc) is 2.92. The summed E-state index contributed by atoms with van der Waals surface area (Å²) in [6.45, 7) is 0. The van der Waals surface area contributed by atoms with Gasteiger partial charge in [0.2, 0.25) is 0 Å². The first kappa shape index (κ1) is 13.3. The normalized spacial score (nSPS) is 10.7. The van der Waals surface area contributed by atoms with E-state index in [1.807, 2.05) is 6.20 Å². The lowest BCUT2D eigenvalue weighted by molar-refractivity contribution is 0.613. The van der Waals surface area contributed by atoms with Gasteiger partial charge in [-0.05, 0) is 31.2 Å². The second-order valence-corrected chi connectivity index (χ2v) is 5.66. The summed E-state index contributed by atoms with van der Waals surface area (Å²) in [5.41, 5.74) is 1.47. The molecule has 2 aromatic rings. The highest BCUT2D eigenvalue weighted by Crippen LogP contribution is 2.12. The van der Waals surface area contributed by atoms with E-state index in [0.717, 1.165) is 6.42 Å². The van der Waals surface area contributed by atoms with Gasteiger partial charge >= 0.3 is 0 Å². The zero-order valence-electron chi connectivity index (χ0n) is 10.8. The molecule has 18 heavy (non-hydrogen) atoms. The molecule has 0 bridgehead atoms. The monoisotopic (exact) mass is 259 g/mol. The highest BCUT2D eigenvalue weighted by atomic mass is 32.1. The van der Waals surface area contributed by atoms with Crippen LogP contribution in [0, 0.1) is 0 Å². The van der Waals surface area contributed by atoms with E-state index in [9.17, 15) is 0 Å². The third-order valence-corrected chi connectivity index (χ3v) is 4.02. The number of rotatable bonds is 8. The topological polar surface area (TPSA) is 12.9 Å². The summed E-state index contributed by atoms with van der Waals surface area (Å²) >= 11 is 1.78. The maximum absolute atomic E-state index is 4.31. The fourth-order valence-corrected chi connectivity index (χ4v) is 2.82. The first-order valence-electron chi connectivity index (χ1n) is 6.87. The molecule has 0 aliphatic heterocycles. The van der Waals surface area contributed by atoms with Crippen molar-refractivity contribution in [1.29, 1.82) is 0 Å². The summed E-state index contributed by atoms with van der Waals surface area (Å²) < 4.78 is 0. The molecule has 0 N–H and O–H groups in total. The van der Waals surface area contributed by atoms with Gasteiger partial charge < -0.3 is 0 Å². The second kappa shape index (κ2) is 8.04. The van der Waals surface area contributed by atoms with Crippen LogP contribution in [0.5, 0.6) is 0 Å². The van der Waals surface area contributed by atoms with Crippen molar-refractivity contribution in [3.8, 4) is 0 Å². The maximum Gasteiger partial charge on any atom is 0.0924 e. The third kappa shape index (κ3) is 5.01. The highest BCUT2D eigenvalue weighted by Gasteiger charge is 1.96. The van der Waals surface area contributed by atoms with Crippen molar-refractivity contribution in [2.24, 2.45) is 0 Å². The molecule has 2 heteroatoms. The van der Waals surface area contributed by atoms with Crippen molar-refractivity contribution in [3.63, 3.8) is 0 Å². The minimum atomic E-state index is 1.16. The van der Waals surface area contributed by atoms with Gasteiger partial charge in [0.05, 0.1) is 5.01 Å². The minimum Gasteiger partial charge on any atom is -0.250 e. The zero-order chi connectivity index (χ0) is 12.5. The number of benzene rings is 1. The molecular formula is C16H21NS. The SMILES string of the molecule is c1ccc(CCCCCCCc2nccs2)cc1. The van der Waals surface area contributed by atoms with Crippen LogP contribution < -0.4 is 0 Å². The van der Waals surface area contributed by atoms with E-state index in [0.29, 0.717) is 0 Å². The lowest BCUT2D eigenvalue weighted by Gasteiger charge is -2.01. The Morgan fingerprint density at radius 1 is 0.833 bits per heavy atom. The number of nitrogens with zero attached hydrogens (tertiary/aromatic N) is 1. The first-order valence-corrected chi connectivity index (χ1v) is 7.75. The van der Waals surface area contributed by atoms with Crippen LogP contribution in [0.3, 0.4) is 0 Å². The number of unbranched alkanes of at least 4 members (excludes halogenated alkanes) is 4. The molecule has 1 nitrogen and oxygen atoms in total. The van der Waals surface area contributed by atoms with Gasteiger partial charge in [-0.15, -0.1) is 11.3 Å². The van der Waals surface area contributed by atoms with Gasteiger partial charge in [-0.1, -0.05) is 49.6 Å². The van der Waals surface area contributed by atoms with Crippen LogP contribution in [-0.2, 0) is 12.8 Å². The van der Waals surface area contributed by atoms with Crippen molar-refractivity contribution in [3.05, 3.63) is 52.5 Å². The van der Waals surface area contributed by atoms with Crippen LogP contribution in [-0.4, -0.2) is 4.98 Å². The Bertz CT molecular complexity index is 408. The Balaban J connectivity index is 1.47. The quantitative estimate of drug-likeness (QED) is 0.616. The predicted octanol–water partition coefficient (Wildman–Crippen LogP) is 4.88. The summed E-state index contributed by atoms with van der Waals surface area (Å²) in [5.74, 6) is 0. The van der Waals surface area contributed by atoms with E-state index in [1.54, 1.807) is 11.3 Å². The Morgan fingerprint density at radius 2 is 1.56 bits per heavy atom. The summed E-state index contributed by atoms with van der Waals surface area (Å²) in [5, 5.41) is 3.36. The number of thiazole rings is 1. The van der Waals surface area contributed by atoms with Crippen molar-refractivity contribution < 1.29 is 0 Å². The molecule has 0 saturated carbocycles. The molecule has 1 heterocycles. The molecule has 0 aliphatic carbocycles. The van der Waals surface area contributed by atoms with Gasteiger partial charge in [0.15, 0.2) is 0 Å². The van der Waals surface area contributed by atoms with E-state index in [1.165, 1.54) is 49.1 Å². The van der Waals surface area contributed by atoms with Gasteiger partial charge in [0.25, 0.3) is 0 Å². The summed E-state index contributed by atoms with van der Waals surface area (Å²) in [7, 11) is 0. The highest BCUT2D eigenvalue weighted by molar-refractivity contribution is 7.09. The molecule has 1 aromatic heterocycles. The van der Waals surface area contributed by atoms with E-state index in [-0.39, 0.29) is 0 Å². The molecular weight excluding hydrogens is 238 g/mol. The van der Waals surface area contributed by atoms with Crippen LogP contribution in [0.25, 0.3) is 0 Å². The Morgan fingerprint density at radius 3 is 2.28 bits per heavy atom. The molecule has 0 radical (unpaired) electrons. The Hall–Kier alpha value is -1.15. The number of aromatic nitrogens is 1. The average molecular weight is 259 g/mol. The summed E-state index contributed by atoms with van der Waals surface area (Å²) in [6.07, 6.45) is 11.0. The van der Waals surface area contributed by atoms with E-state index in [4.69, 9.17) is 0 Å².